The summed E-state index contributed by atoms with van der Waals surface area (Å²) in [6.07, 6.45) is -3.18. The van der Waals surface area contributed by atoms with Crippen LogP contribution in [0, 0.1) is 0 Å². The van der Waals surface area contributed by atoms with Crippen LogP contribution in [0.5, 0.6) is 0 Å². The van der Waals surface area contributed by atoms with E-state index in [1.165, 1.54) is 12.1 Å². The lowest BCUT2D eigenvalue weighted by molar-refractivity contribution is -0.138. The molecule has 19 heavy (non-hydrogen) atoms. The smallest absolute Gasteiger partial charge is 0.390 e. The van der Waals surface area contributed by atoms with Crippen LogP contribution in [0.15, 0.2) is 24.3 Å². The van der Waals surface area contributed by atoms with Crippen molar-refractivity contribution < 1.29 is 18.3 Å². The number of alkyl halides is 3. The van der Waals surface area contributed by atoms with E-state index < -0.39 is 22.8 Å². The highest BCUT2D eigenvalue weighted by Gasteiger charge is 2.48. The third-order valence-electron chi connectivity index (χ3n) is 4.06. The summed E-state index contributed by atoms with van der Waals surface area (Å²) in [5.74, 6) is 0. The third-order valence-corrected chi connectivity index (χ3v) is 4.06. The summed E-state index contributed by atoms with van der Waals surface area (Å²) >= 11 is 0. The van der Waals surface area contributed by atoms with Gasteiger partial charge in [0.15, 0.2) is 0 Å². The number of rotatable bonds is 2. The van der Waals surface area contributed by atoms with Crippen LogP contribution in [0.25, 0.3) is 0 Å². The van der Waals surface area contributed by atoms with Gasteiger partial charge < -0.3 is 10.8 Å². The van der Waals surface area contributed by atoms with Crippen molar-refractivity contribution in [3.05, 3.63) is 35.4 Å². The van der Waals surface area contributed by atoms with Crippen LogP contribution in [-0.4, -0.2) is 17.3 Å². The van der Waals surface area contributed by atoms with Crippen LogP contribution >= 0.6 is 0 Å². The SMILES string of the molecule is CC1(O)CCC(CN)(c2ccccc2C(F)(F)F)C1. The van der Waals surface area contributed by atoms with E-state index in [0.29, 0.717) is 12.8 Å². The highest BCUT2D eigenvalue weighted by molar-refractivity contribution is 5.38. The number of hydrogen-bond acceptors (Lipinski definition) is 2. The van der Waals surface area contributed by atoms with Crippen molar-refractivity contribution in [1.29, 1.82) is 0 Å². The molecule has 0 saturated heterocycles. The highest BCUT2D eigenvalue weighted by Crippen LogP contribution is 2.48. The molecule has 1 saturated carbocycles. The fourth-order valence-electron chi connectivity index (χ4n) is 3.12. The van der Waals surface area contributed by atoms with Gasteiger partial charge in [-0.05, 0) is 37.8 Å². The normalized spacial score (nSPS) is 31.7. The van der Waals surface area contributed by atoms with E-state index in [0.717, 1.165) is 6.07 Å². The molecule has 5 heteroatoms. The summed E-state index contributed by atoms with van der Waals surface area (Å²) in [6.45, 7) is 1.76. The Morgan fingerprint density at radius 3 is 2.37 bits per heavy atom. The van der Waals surface area contributed by atoms with Crippen LogP contribution in [0.4, 0.5) is 13.2 Å². The first-order valence-corrected chi connectivity index (χ1v) is 6.29. The molecule has 2 nitrogen and oxygen atoms in total. The molecule has 0 aromatic heterocycles. The van der Waals surface area contributed by atoms with E-state index in [1.807, 2.05) is 0 Å². The minimum atomic E-state index is -4.40. The van der Waals surface area contributed by atoms with E-state index in [9.17, 15) is 18.3 Å². The molecule has 1 aliphatic rings. The average molecular weight is 273 g/mol. The standard InChI is InChI=1S/C14H18F3NO/c1-12(19)6-7-13(8-12,9-18)10-4-2-3-5-11(10)14(15,16)17/h2-5,19H,6-9,18H2,1H3. The zero-order chi connectivity index (χ0) is 14.3. The highest BCUT2D eigenvalue weighted by atomic mass is 19.4. The summed E-state index contributed by atoms with van der Waals surface area (Å²) in [5.41, 5.74) is 3.60. The van der Waals surface area contributed by atoms with Crippen molar-refractivity contribution in [2.75, 3.05) is 6.54 Å². The monoisotopic (exact) mass is 273 g/mol. The van der Waals surface area contributed by atoms with Crippen molar-refractivity contribution in [3.8, 4) is 0 Å². The first-order chi connectivity index (χ1) is 8.70. The fourth-order valence-corrected chi connectivity index (χ4v) is 3.12. The molecular formula is C14H18F3NO. The van der Waals surface area contributed by atoms with E-state index in [2.05, 4.69) is 0 Å². The van der Waals surface area contributed by atoms with Crippen molar-refractivity contribution in [3.63, 3.8) is 0 Å². The Hall–Kier alpha value is -1.07. The Morgan fingerprint density at radius 1 is 1.26 bits per heavy atom. The topological polar surface area (TPSA) is 46.2 Å². The second kappa shape index (κ2) is 4.49. The minimum Gasteiger partial charge on any atom is -0.390 e. The van der Waals surface area contributed by atoms with E-state index in [1.54, 1.807) is 13.0 Å². The van der Waals surface area contributed by atoms with E-state index in [4.69, 9.17) is 5.73 Å². The summed E-state index contributed by atoms with van der Waals surface area (Å²) in [6, 6.07) is 5.54. The predicted molar refractivity (Wildman–Crippen MR) is 66.7 cm³/mol. The lowest BCUT2D eigenvalue weighted by Gasteiger charge is -2.32. The molecule has 1 aromatic carbocycles. The lowest BCUT2D eigenvalue weighted by atomic mass is 9.75. The quantitative estimate of drug-likeness (QED) is 0.870. The van der Waals surface area contributed by atoms with Gasteiger partial charge in [-0.2, -0.15) is 13.2 Å². The summed E-state index contributed by atoms with van der Waals surface area (Å²) in [5, 5.41) is 10.1. The van der Waals surface area contributed by atoms with Crippen LogP contribution in [0.3, 0.4) is 0 Å². The van der Waals surface area contributed by atoms with Crippen LogP contribution in [0.2, 0.25) is 0 Å². The van der Waals surface area contributed by atoms with Gasteiger partial charge in [0.2, 0.25) is 0 Å². The van der Waals surface area contributed by atoms with Gasteiger partial charge in [-0.25, -0.2) is 0 Å². The molecule has 0 bridgehead atoms. The molecule has 1 fully saturated rings. The molecule has 2 rings (SSSR count). The lowest BCUT2D eigenvalue weighted by Crippen LogP contribution is -2.37. The largest absolute Gasteiger partial charge is 0.416 e. The first-order valence-electron chi connectivity index (χ1n) is 6.29. The van der Waals surface area contributed by atoms with Gasteiger partial charge in [-0.1, -0.05) is 18.2 Å². The first kappa shape index (κ1) is 14.3. The van der Waals surface area contributed by atoms with Gasteiger partial charge in [-0.15, -0.1) is 0 Å². The maximum Gasteiger partial charge on any atom is 0.416 e. The molecule has 0 radical (unpaired) electrons. The molecular weight excluding hydrogens is 255 g/mol. The van der Waals surface area contributed by atoms with Crippen molar-refractivity contribution in [2.45, 2.75) is 43.4 Å². The third kappa shape index (κ3) is 2.62. The van der Waals surface area contributed by atoms with Crippen molar-refractivity contribution in [1.82, 2.24) is 0 Å². The zero-order valence-corrected chi connectivity index (χ0v) is 10.8. The molecule has 0 amide bonds. The predicted octanol–water partition coefficient (Wildman–Crippen LogP) is 2.84. The number of hydrogen-bond donors (Lipinski definition) is 2. The van der Waals surface area contributed by atoms with Crippen LogP contribution < -0.4 is 5.73 Å². The average Bonchev–Trinajstić information content (AvgIpc) is 2.65. The molecule has 2 atom stereocenters. The summed E-state index contributed by atoms with van der Waals surface area (Å²) < 4.78 is 39.3. The van der Waals surface area contributed by atoms with E-state index in [-0.39, 0.29) is 18.5 Å². The second-order valence-corrected chi connectivity index (χ2v) is 5.70. The fraction of sp³-hybridized carbons (Fsp3) is 0.571. The Kier molecular flexibility index (Phi) is 3.39. The number of benzene rings is 1. The number of halogens is 3. The number of aliphatic hydroxyl groups is 1. The Bertz CT molecular complexity index is 470. The molecule has 3 N–H and O–H groups in total. The van der Waals surface area contributed by atoms with Gasteiger partial charge in [0.1, 0.15) is 0 Å². The molecule has 2 unspecified atom stereocenters. The number of nitrogens with two attached hydrogens (primary N) is 1. The Balaban J connectivity index is 2.52. The molecule has 0 aliphatic heterocycles. The summed E-state index contributed by atoms with van der Waals surface area (Å²) in [7, 11) is 0. The van der Waals surface area contributed by atoms with Crippen molar-refractivity contribution in [2.24, 2.45) is 5.73 Å². The van der Waals surface area contributed by atoms with Gasteiger partial charge in [0, 0.05) is 12.0 Å². The van der Waals surface area contributed by atoms with Crippen LogP contribution in [0.1, 0.15) is 37.3 Å². The second-order valence-electron chi connectivity index (χ2n) is 5.70. The Morgan fingerprint density at radius 2 is 1.89 bits per heavy atom. The van der Waals surface area contributed by atoms with Crippen molar-refractivity contribution >= 4 is 0 Å². The van der Waals surface area contributed by atoms with Gasteiger partial charge in [-0.3, -0.25) is 0 Å². The zero-order valence-electron chi connectivity index (χ0n) is 10.8. The molecule has 1 aromatic rings. The Labute approximate surface area is 110 Å². The van der Waals surface area contributed by atoms with Crippen LogP contribution in [-0.2, 0) is 11.6 Å². The maximum absolute atomic E-state index is 13.1. The van der Waals surface area contributed by atoms with Gasteiger partial charge >= 0.3 is 6.18 Å². The molecule has 0 heterocycles. The van der Waals surface area contributed by atoms with E-state index >= 15 is 0 Å². The minimum absolute atomic E-state index is 0.107. The maximum atomic E-state index is 13.1. The molecule has 0 spiro atoms. The summed E-state index contributed by atoms with van der Waals surface area (Å²) in [4.78, 5) is 0. The molecule has 1 aliphatic carbocycles. The van der Waals surface area contributed by atoms with Gasteiger partial charge in [0.05, 0.1) is 11.2 Å². The molecule has 106 valence electrons. The van der Waals surface area contributed by atoms with Gasteiger partial charge in [0.25, 0.3) is 0 Å².